The Morgan fingerprint density at radius 1 is 1.17 bits per heavy atom. The smallest absolute Gasteiger partial charge is 0.254 e. The number of amides is 1. The highest BCUT2D eigenvalue weighted by Crippen LogP contribution is 2.36. The Kier molecular flexibility index (Phi) is 5.10. The number of hydrogen-bond acceptors (Lipinski definition) is 5. The number of anilines is 1. The van der Waals surface area contributed by atoms with Crippen LogP contribution in [0.5, 0.6) is 0 Å². The third kappa shape index (κ3) is 3.88. The molecule has 7 heteroatoms. The van der Waals surface area contributed by atoms with Crippen molar-refractivity contribution in [3.05, 3.63) is 57.7 Å². The van der Waals surface area contributed by atoms with Crippen LogP contribution in [0.1, 0.15) is 39.9 Å². The molecule has 6 nitrogen and oxygen atoms in total. The van der Waals surface area contributed by atoms with E-state index < -0.39 is 0 Å². The van der Waals surface area contributed by atoms with Gasteiger partial charge in [0.1, 0.15) is 11.9 Å². The third-order valence-electron chi connectivity index (χ3n) is 6.29. The van der Waals surface area contributed by atoms with Gasteiger partial charge in [0.05, 0.1) is 5.56 Å². The Bertz CT molecular complexity index is 1000. The molecular weight excluding hydrogens is 398 g/mol. The summed E-state index contributed by atoms with van der Waals surface area (Å²) in [7, 11) is 0. The number of nitrogens with zero attached hydrogens (tertiary/aromatic N) is 5. The fourth-order valence-corrected chi connectivity index (χ4v) is 4.71. The molecule has 1 aromatic heterocycles. The van der Waals surface area contributed by atoms with E-state index in [9.17, 15) is 4.79 Å². The number of hydrogen-bond donors (Lipinski definition) is 0. The summed E-state index contributed by atoms with van der Waals surface area (Å²) in [6.45, 7) is 5.66. The number of carbonyl (C=O) groups is 1. The van der Waals surface area contributed by atoms with Gasteiger partial charge in [-0.3, -0.25) is 9.69 Å². The highest BCUT2D eigenvalue weighted by molar-refractivity contribution is 6.32. The van der Waals surface area contributed by atoms with E-state index in [0.717, 1.165) is 49.5 Å². The molecule has 2 aromatic rings. The maximum absolute atomic E-state index is 13.1. The largest absolute Gasteiger partial charge is 0.353 e. The molecule has 2 fully saturated rings. The van der Waals surface area contributed by atoms with Gasteiger partial charge >= 0.3 is 0 Å². The highest BCUT2D eigenvalue weighted by Gasteiger charge is 2.30. The van der Waals surface area contributed by atoms with Gasteiger partial charge in [-0.15, -0.1) is 0 Å². The minimum atomic E-state index is 0.0489. The lowest BCUT2D eigenvalue weighted by atomic mass is 10.0. The number of rotatable bonds is 4. The Morgan fingerprint density at radius 2 is 1.97 bits per heavy atom. The van der Waals surface area contributed by atoms with Crippen molar-refractivity contribution in [3.8, 4) is 6.07 Å². The zero-order valence-electron chi connectivity index (χ0n) is 16.9. The molecule has 1 aromatic carbocycles. The van der Waals surface area contributed by atoms with Crippen molar-refractivity contribution in [2.24, 2.45) is 5.92 Å². The maximum atomic E-state index is 13.1. The van der Waals surface area contributed by atoms with Crippen LogP contribution in [0.2, 0.25) is 5.02 Å². The van der Waals surface area contributed by atoms with Gasteiger partial charge in [0, 0.05) is 62.6 Å². The van der Waals surface area contributed by atoms with Crippen LogP contribution in [-0.4, -0.2) is 53.4 Å². The standard InChI is InChI=1S/C23H24ClN5O/c24-21-10-18(9-19-14-27(15-20(19)21)13-16-1-2-16)23(30)29-7-5-28(6-8-29)22-4-3-17(11-25)12-26-22/h3-4,9-10,12,16H,1-2,5-8,13-15H2. The Hall–Kier alpha value is -2.62. The van der Waals surface area contributed by atoms with Crippen LogP contribution in [0.15, 0.2) is 30.5 Å². The molecule has 0 spiro atoms. The quantitative estimate of drug-likeness (QED) is 0.757. The summed E-state index contributed by atoms with van der Waals surface area (Å²) in [6, 6.07) is 9.62. The molecule has 0 atom stereocenters. The molecule has 1 saturated heterocycles. The van der Waals surface area contributed by atoms with Crippen molar-refractivity contribution < 1.29 is 4.79 Å². The number of benzene rings is 1. The minimum absolute atomic E-state index is 0.0489. The summed E-state index contributed by atoms with van der Waals surface area (Å²) < 4.78 is 0. The van der Waals surface area contributed by atoms with Crippen molar-refractivity contribution in [1.82, 2.24) is 14.8 Å². The monoisotopic (exact) mass is 421 g/mol. The predicted molar refractivity (Wildman–Crippen MR) is 115 cm³/mol. The Morgan fingerprint density at radius 3 is 2.63 bits per heavy atom. The van der Waals surface area contributed by atoms with Gasteiger partial charge in [0.25, 0.3) is 5.91 Å². The normalized spacial score (nSPS) is 18.9. The van der Waals surface area contributed by atoms with Gasteiger partial charge < -0.3 is 9.80 Å². The highest BCUT2D eigenvalue weighted by atomic mass is 35.5. The predicted octanol–water partition coefficient (Wildman–Crippen LogP) is 3.29. The summed E-state index contributed by atoms with van der Waals surface area (Å²) in [6.07, 6.45) is 4.27. The molecule has 154 valence electrons. The zero-order chi connectivity index (χ0) is 20.7. The van der Waals surface area contributed by atoms with E-state index >= 15 is 0 Å². The van der Waals surface area contributed by atoms with Crippen LogP contribution in [0.3, 0.4) is 0 Å². The molecule has 0 N–H and O–H groups in total. The minimum Gasteiger partial charge on any atom is -0.353 e. The van der Waals surface area contributed by atoms with Crippen molar-refractivity contribution in [1.29, 1.82) is 5.26 Å². The topological polar surface area (TPSA) is 63.5 Å². The summed E-state index contributed by atoms with van der Waals surface area (Å²) in [4.78, 5) is 24.0. The van der Waals surface area contributed by atoms with Gasteiger partial charge in [-0.25, -0.2) is 4.98 Å². The van der Waals surface area contributed by atoms with E-state index in [1.165, 1.54) is 24.0 Å². The SMILES string of the molecule is N#Cc1ccc(N2CCN(C(=O)c3cc(Cl)c4c(c3)CN(CC3CC3)C4)CC2)nc1. The van der Waals surface area contributed by atoms with Gasteiger partial charge in [0.2, 0.25) is 0 Å². The van der Waals surface area contributed by atoms with Crippen molar-refractivity contribution in [2.45, 2.75) is 25.9 Å². The van der Waals surface area contributed by atoms with Crippen LogP contribution in [0, 0.1) is 17.2 Å². The molecule has 0 unspecified atom stereocenters. The van der Waals surface area contributed by atoms with Crippen LogP contribution in [0.4, 0.5) is 5.82 Å². The molecule has 30 heavy (non-hydrogen) atoms. The van der Waals surface area contributed by atoms with E-state index in [-0.39, 0.29) is 5.91 Å². The van der Waals surface area contributed by atoms with Crippen molar-refractivity contribution >= 4 is 23.3 Å². The second-order valence-electron chi connectivity index (χ2n) is 8.50. The molecular formula is C23H24ClN5O. The first kappa shape index (κ1) is 19.3. The van der Waals surface area contributed by atoms with Gasteiger partial charge in [-0.2, -0.15) is 5.26 Å². The lowest BCUT2D eigenvalue weighted by Crippen LogP contribution is -2.49. The Balaban J connectivity index is 1.24. The molecule has 3 aliphatic rings. The molecule has 5 rings (SSSR count). The molecule has 3 heterocycles. The number of nitriles is 1. The van der Waals surface area contributed by atoms with E-state index in [0.29, 0.717) is 24.2 Å². The van der Waals surface area contributed by atoms with E-state index in [4.69, 9.17) is 16.9 Å². The van der Waals surface area contributed by atoms with E-state index in [2.05, 4.69) is 20.9 Å². The number of aromatic nitrogens is 1. The van der Waals surface area contributed by atoms with Crippen LogP contribution >= 0.6 is 11.6 Å². The number of halogens is 1. The van der Waals surface area contributed by atoms with Gasteiger partial charge in [-0.05, 0) is 54.2 Å². The summed E-state index contributed by atoms with van der Waals surface area (Å²) in [5.74, 6) is 1.74. The lowest BCUT2D eigenvalue weighted by Gasteiger charge is -2.35. The molecule has 1 saturated carbocycles. The number of piperazine rings is 1. The van der Waals surface area contributed by atoms with Crippen LogP contribution in [0.25, 0.3) is 0 Å². The average Bonchev–Trinajstić information content (AvgIpc) is 3.49. The lowest BCUT2D eigenvalue weighted by molar-refractivity contribution is 0.0746. The molecule has 0 radical (unpaired) electrons. The van der Waals surface area contributed by atoms with E-state index in [1.807, 2.05) is 23.1 Å². The molecule has 2 aliphatic heterocycles. The first-order valence-corrected chi connectivity index (χ1v) is 10.9. The van der Waals surface area contributed by atoms with Crippen molar-refractivity contribution in [2.75, 3.05) is 37.6 Å². The molecule has 0 bridgehead atoms. The molecule has 1 aliphatic carbocycles. The Labute approximate surface area is 181 Å². The van der Waals surface area contributed by atoms with Gasteiger partial charge in [0.15, 0.2) is 0 Å². The van der Waals surface area contributed by atoms with E-state index in [1.54, 1.807) is 12.3 Å². The first-order chi connectivity index (χ1) is 14.6. The maximum Gasteiger partial charge on any atom is 0.254 e. The summed E-state index contributed by atoms with van der Waals surface area (Å²) >= 11 is 6.57. The fraction of sp³-hybridized carbons (Fsp3) is 0.435. The fourth-order valence-electron chi connectivity index (χ4n) is 4.41. The van der Waals surface area contributed by atoms with Gasteiger partial charge in [-0.1, -0.05) is 11.6 Å². The van der Waals surface area contributed by atoms with Crippen LogP contribution < -0.4 is 4.90 Å². The molecule has 1 amide bonds. The number of carbonyl (C=O) groups excluding carboxylic acids is 1. The van der Waals surface area contributed by atoms with Crippen LogP contribution in [-0.2, 0) is 13.1 Å². The summed E-state index contributed by atoms with van der Waals surface area (Å²) in [5, 5.41) is 9.63. The first-order valence-electron chi connectivity index (χ1n) is 10.5. The van der Waals surface area contributed by atoms with Crippen molar-refractivity contribution in [3.63, 3.8) is 0 Å². The average molecular weight is 422 g/mol. The number of pyridine rings is 1. The second kappa shape index (κ2) is 7.90. The summed E-state index contributed by atoms with van der Waals surface area (Å²) in [5.41, 5.74) is 3.63. The zero-order valence-corrected chi connectivity index (χ0v) is 17.6. The second-order valence-corrected chi connectivity index (χ2v) is 8.91. The third-order valence-corrected chi connectivity index (χ3v) is 6.63. The number of fused-ring (bicyclic) bond motifs is 1.